The number of rotatable bonds is 3. The van der Waals surface area contributed by atoms with Gasteiger partial charge in [-0.05, 0) is 43.0 Å². The first-order chi connectivity index (χ1) is 13.6. The van der Waals surface area contributed by atoms with E-state index in [2.05, 4.69) is 56.2 Å². The van der Waals surface area contributed by atoms with Crippen LogP contribution in [0.5, 0.6) is 0 Å². The van der Waals surface area contributed by atoms with Crippen molar-refractivity contribution in [1.29, 1.82) is 0 Å². The molecule has 0 radical (unpaired) electrons. The van der Waals surface area contributed by atoms with E-state index in [1.165, 1.54) is 11.2 Å². The number of nitrogens with one attached hydrogen (secondary N) is 1. The van der Waals surface area contributed by atoms with E-state index in [0.717, 1.165) is 16.8 Å². The van der Waals surface area contributed by atoms with Crippen LogP contribution in [0.1, 0.15) is 29.2 Å². The van der Waals surface area contributed by atoms with Crippen LogP contribution in [-0.4, -0.2) is 41.8 Å². The molecule has 0 spiro atoms. The highest BCUT2D eigenvalue weighted by Crippen LogP contribution is 2.40. The van der Waals surface area contributed by atoms with Gasteiger partial charge in [0.15, 0.2) is 11.5 Å². The largest absolute Gasteiger partial charge is 0.310 e. The van der Waals surface area contributed by atoms with Crippen molar-refractivity contribution in [3.05, 3.63) is 59.5 Å². The summed E-state index contributed by atoms with van der Waals surface area (Å²) >= 11 is 1.70. The standard InChI is InChI=1S/C19H17N7OS/c1-11-18-14(12-3-5-13(28-2)6-4-12)9-17(27)21-19(18)26(23-11)16-8-7-15-22-20-10-25(15)24-16/h3-8,10,14H,9H2,1-2H3,(H,21,27). The van der Waals surface area contributed by atoms with Crippen LogP contribution >= 0.6 is 11.8 Å². The number of anilines is 1. The van der Waals surface area contributed by atoms with Crippen LogP contribution in [0.25, 0.3) is 11.5 Å². The molecule has 3 aromatic heterocycles. The fourth-order valence-electron chi connectivity index (χ4n) is 3.67. The third-order valence-electron chi connectivity index (χ3n) is 4.99. The van der Waals surface area contributed by atoms with Gasteiger partial charge in [0.1, 0.15) is 12.1 Å². The Morgan fingerprint density at radius 1 is 1.14 bits per heavy atom. The summed E-state index contributed by atoms with van der Waals surface area (Å²) in [6.45, 7) is 1.97. The van der Waals surface area contributed by atoms with Crippen LogP contribution in [0.15, 0.2) is 47.6 Å². The first-order valence-corrected chi connectivity index (χ1v) is 10.1. The first-order valence-electron chi connectivity index (χ1n) is 8.85. The molecular weight excluding hydrogens is 374 g/mol. The van der Waals surface area contributed by atoms with Crippen LogP contribution in [0.2, 0.25) is 0 Å². The predicted octanol–water partition coefficient (Wildman–Crippen LogP) is 2.81. The molecule has 1 aliphatic rings. The molecule has 4 aromatic rings. The van der Waals surface area contributed by atoms with Crippen LogP contribution in [0, 0.1) is 6.92 Å². The molecule has 8 nitrogen and oxygen atoms in total. The highest BCUT2D eigenvalue weighted by molar-refractivity contribution is 7.98. The maximum atomic E-state index is 12.5. The fraction of sp³-hybridized carbons (Fsp3) is 0.211. The molecule has 5 rings (SSSR count). The second kappa shape index (κ2) is 6.45. The number of hydrogen-bond donors (Lipinski definition) is 1. The lowest BCUT2D eigenvalue weighted by atomic mass is 9.86. The molecule has 4 heterocycles. The molecule has 0 fully saturated rings. The van der Waals surface area contributed by atoms with Crippen LogP contribution in [0.3, 0.4) is 0 Å². The Labute approximate surface area is 165 Å². The van der Waals surface area contributed by atoms with Gasteiger partial charge in [0, 0.05) is 22.8 Å². The lowest BCUT2D eigenvalue weighted by molar-refractivity contribution is -0.116. The summed E-state index contributed by atoms with van der Waals surface area (Å²) < 4.78 is 3.27. The molecule has 140 valence electrons. The Bertz CT molecular complexity index is 1190. The van der Waals surface area contributed by atoms with E-state index < -0.39 is 0 Å². The van der Waals surface area contributed by atoms with E-state index in [4.69, 9.17) is 0 Å². The van der Waals surface area contributed by atoms with Crippen molar-refractivity contribution in [3.63, 3.8) is 0 Å². The molecule has 9 heteroatoms. The van der Waals surface area contributed by atoms with Crippen molar-refractivity contribution in [1.82, 2.24) is 29.6 Å². The minimum absolute atomic E-state index is 0.0297. The van der Waals surface area contributed by atoms with Gasteiger partial charge >= 0.3 is 0 Å². The molecule has 1 aromatic carbocycles. The van der Waals surface area contributed by atoms with Crippen molar-refractivity contribution in [2.75, 3.05) is 11.6 Å². The number of hydrogen-bond acceptors (Lipinski definition) is 6. The van der Waals surface area contributed by atoms with E-state index in [1.807, 2.05) is 19.1 Å². The Morgan fingerprint density at radius 3 is 2.75 bits per heavy atom. The molecule has 0 bridgehead atoms. The van der Waals surface area contributed by atoms with Crippen molar-refractivity contribution < 1.29 is 4.79 Å². The van der Waals surface area contributed by atoms with Gasteiger partial charge in [0.05, 0.1) is 5.69 Å². The van der Waals surface area contributed by atoms with Gasteiger partial charge in [-0.2, -0.15) is 14.3 Å². The fourth-order valence-corrected chi connectivity index (χ4v) is 4.07. The minimum atomic E-state index is -0.0351. The topological polar surface area (TPSA) is 90.0 Å². The second-order valence-electron chi connectivity index (χ2n) is 6.66. The Morgan fingerprint density at radius 2 is 1.96 bits per heavy atom. The molecule has 0 aliphatic carbocycles. The van der Waals surface area contributed by atoms with E-state index in [9.17, 15) is 4.79 Å². The molecule has 0 saturated carbocycles. The summed E-state index contributed by atoms with van der Waals surface area (Å²) in [5, 5.41) is 20.0. The maximum Gasteiger partial charge on any atom is 0.226 e. The molecule has 1 unspecified atom stereocenters. The van der Waals surface area contributed by atoms with Crippen molar-refractivity contribution in [3.8, 4) is 5.82 Å². The molecule has 28 heavy (non-hydrogen) atoms. The van der Waals surface area contributed by atoms with E-state index in [-0.39, 0.29) is 11.8 Å². The minimum Gasteiger partial charge on any atom is -0.310 e. The molecule has 0 saturated heterocycles. The zero-order chi connectivity index (χ0) is 19.3. The lowest BCUT2D eigenvalue weighted by Gasteiger charge is -2.24. The van der Waals surface area contributed by atoms with Crippen LogP contribution in [0.4, 0.5) is 5.82 Å². The van der Waals surface area contributed by atoms with E-state index in [1.54, 1.807) is 21.0 Å². The summed E-state index contributed by atoms with van der Waals surface area (Å²) in [5.41, 5.74) is 3.66. The van der Waals surface area contributed by atoms with Gasteiger partial charge < -0.3 is 5.32 Å². The van der Waals surface area contributed by atoms with E-state index >= 15 is 0 Å². The number of aromatic nitrogens is 6. The third-order valence-corrected chi connectivity index (χ3v) is 5.73. The quantitative estimate of drug-likeness (QED) is 0.540. The number of amides is 1. The molecule has 1 aliphatic heterocycles. The Balaban J connectivity index is 1.64. The number of carbonyl (C=O) groups excluding carboxylic acids is 1. The number of thioether (sulfide) groups is 1. The van der Waals surface area contributed by atoms with Crippen LogP contribution in [-0.2, 0) is 4.79 Å². The SMILES string of the molecule is CSc1ccc(C2CC(=O)Nc3c2c(C)nn3-c2ccc3nncn3n2)cc1. The summed E-state index contributed by atoms with van der Waals surface area (Å²) in [4.78, 5) is 13.7. The van der Waals surface area contributed by atoms with Gasteiger partial charge in [-0.25, -0.2) is 0 Å². The smallest absolute Gasteiger partial charge is 0.226 e. The lowest BCUT2D eigenvalue weighted by Crippen LogP contribution is -2.25. The highest BCUT2D eigenvalue weighted by Gasteiger charge is 2.33. The molecule has 1 atom stereocenters. The number of aryl methyl sites for hydroxylation is 1. The third kappa shape index (κ3) is 2.66. The van der Waals surface area contributed by atoms with Crippen molar-refractivity contribution >= 4 is 29.1 Å². The average molecular weight is 391 g/mol. The maximum absolute atomic E-state index is 12.5. The summed E-state index contributed by atoms with van der Waals surface area (Å²) in [5.74, 6) is 1.20. The van der Waals surface area contributed by atoms with Gasteiger partial charge in [-0.15, -0.1) is 27.1 Å². The average Bonchev–Trinajstić information content (AvgIpc) is 3.31. The van der Waals surface area contributed by atoms with Crippen molar-refractivity contribution in [2.45, 2.75) is 24.2 Å². The van der Waals surface area contributed by atoms with Crippen LogP contribution < -0.4 is 5.32 Å². The number of fused-ring (bicyclic) bond motifs is 2. The predicted molar refractivity (Wildman–Crippen MR) is 106 cm³/mol. The zero-order valence-corrected chi connectivity index (χ0v) is 16.1. The van der Waals surface area contributed by atoms with Gasteiger partial charge in [-0.3, -0.25) is 4.79 Å². The molecule has 1 N–H and O–H groups in total. The van der Waals surface area contributed by atoms with Gasteiger partial charge in [0.2, 0.25) is 5.91 Å². The Kier molecular flexibility index (Phi) is 3.90. The zero-order valence-electron chi connectivity index (χ0n) is 15.3. The monoisotopic (exact) mass is 391 g/mol. The molecular formula is C19H17N7OS. The Hall–Kier alpha value is -3.20. The number of benzene rings is 1. The molecule has 1 amide bonds. The first kappa shape index (κ1) is 16.9. The summed E-state index contributed by atoms with van der Waals surface area (Å²) in [7, 11) is 0. The normalized spacial score (nSPS) is 16.2. The summed E-state index contributed by atoms with van der Waals surface area (Å²) in [6.07, 6.45) is 3.99. The summed E-state index contributed by atoms with van der Waals surface area (Å²) in [6, 6.07) is 12.0. The van der Waals surface area contributed by atoms with Gasteiger partial charge in [0.25, 0.3) is 0 Å². The highest BCUT2D eigenvalue weighted by atomic mass is 32.2. The number of nitrogens with zero attached hydrogens (tertiary/aromatic N) is 6. The second-order valence-corrected chi connectivity index (χ2v) is 7.54. The van der Waals surface area contributed by atoms with E-state index in [0.29, 0.717) is 23.7 Å². The van der Waals surface area contributed by atoms with Gasteiger partial charge in [-0.1, -0.05) is 12.1 Å². The van der Waals surface area contributed by atoms with Crippen molar-refractivity contribution in [2.24, 2.45) is 0 Å². The number of carbonyl (C=O) groups is 1.